The summed E-state index contributed by atoms with van der Waals surface area (Å²) in [5, 5.41) is 16.2. The quantitative estimate of drug-likeness (QED) is 0.606. The van der Waals surface area contributed by atoms with Gasteiger partial charge < -0.3 is 5.32 Å². The Hall–Kier alpha value is -3.15. The Balaban J connectivity index is 1.58. The number of benzene rings is 1. The average Bonchev–Trinajstić information content (AvgIpc) is 3.19. The Kier molecular flexibility index (Phi) is 3.49. The van der Waals surface area contributed by atoms with Crippen LogP contribution in [0.1, 0.15) is 11.3 Å². The van der Waals surface area contributed by atoms with Crippen LogP contribution in [0.2, 0.25) is 0 Å². The molecule has 1 aromatic carbocycles. The number of aromatic nitrogens is 5. The molecule has 6 heteroatoms. The normalized spacial score (nSPS) is 11.1. The van der Waals surface area contributed by atoms with Crippen LogP contribution in [0.3, 0.4) is 0 Å². The van der Waals surface area contributed by atoms with Gasteiger partial charge in [0.25, 0.3) is 0 Å². The summed E-state index contributed by atoms with van der Waals surface area (Å²) in [6.07, 6.45) is 3.70. The molecular formula is C18H18N6. The summed E-state index contributed by atoms with van der Waals surface area (Å²) in [6.45, 7) is 2.67. The molecule has 0 saturated heterocycles. The number of H-pyrrole nitrogens is 1. The number of hydrogen-bond acceptors (Lipinski definition) is 4. The van der Waals surface area contributed by atoms with Crippen LogP contribution in [0.25, 0.3) is 22.3 Å². The molecule has 0 aliphatic rings. The molecule has 4 aromatic rings. The van der Waals surface area contributed by atoms with Gasteiger partial charge in [-0.3, -0.25) is 9.78 Å². The number of hydrogen-bond donors (Lipinski definition) is 2. The van der Waals surface area contributed by atoms with Crippen LogP contribution in [0.15, 0.2) is 48.8 Å². The summed E-state index contributed by atoms with van der Waals surface area (Å²) in [5.74, 6) is 0. The smallest absolute Gasteiger partial charge is 0.157 e. The molecule has 0 radical (unpaired) electrons. The molecule has 0 saturated carbocycles. The van der Waals surface area contributed by atoms with Crippen molar-refractivity contribution in [3.63, 3.8) is 0 Å². The van der Waals surface area contributed by atoms with Crippen LogP contribution in [0.5, 0.6) is 0 Å². The topological polar surface area (TPSA) is 71.4 Å². The molecule has 0 spiro atoms. The van der Waals surface area contributed by atoms with E-state index in [4.69, 9.17) is 0 Å². The molecule has 3 aromatic heterocycles. The monoisotopic (exact) mass is 318 g/mol. The first kappa shape index (κ1) is 14.4. The van der Waals surface area contributed by atoms with E-state index in [9.17, 15) is 0 Å². The van der Waals surface area contributed by atoms with E-state index in [1.807, 2.05) is 44.6 Å². The van der Waals surface area contributed by atoms with Crippen molar-refractivity contribution >= 4 is 16.7 Å². The number of nitrogens with zero attached hydrogens (tertiary/aromatic N) is 4. The van der Waals surface area contributed by atoms with E-state index in [1.165, 1.54) is 0 Å². The maximum absolute atomic E-state index is 4.50. The fourth-order valence-corrected chi connectivity index (χ4v) is 2.90. The zero-order chi connectivity index (χ0) is 16.5. The Labute approximate surface area is 139 Å². The third kappa shape index (κ3) is 2.52. The number of aryl methyl sites for hydroxylation is 2. The number of aromatic amines is 1. The van der Waals surface area contributed by atoms with Crippen molar-refractivity contribution in [1.82, 2.24) is 25.0 Å². The van der Waals surface area contributed by atoms with Crippen molar-refractivity contribution in [2.75, 3.05) is 5.32 Å². The Morgan fingerprint density at radius 3 is 2.83 bits per heavy atom. The summed E-state index contributed by atoms with van der Waals surface area (Å²) >= 11 is 0. The molecule has 120 valence electrons. The lowest BCUT2D eigenvalue weighted by Gasteiger charge is -2.07. The zero-order valence-corrected chi connectivity index (χ0v) is 13.6. The van der Waals surface area contributed by atoms with Gasteiger partial charge in [-0.2, -0.15) is 10.2 Å². The highest BCUT2D eigenvalue weighted by atomic mass is 15.3. The molecule has 24 heavy (non-hydrogen) atoms. The largest absolute Gasteiger partial charge is 0.380 e. The standard InChI is InChI=1S/C18H18N6/c1-12-16-8-15(11-20-18(16)24(2)23-12)19-9-14-10-21-22-17(14)13-6-4-3-5-7-13/h3-8,10-11,19H,9H2,1-2H3,(H,21,22). The minimum Gasteiger partial charge on any atom is -0.380 e. The van der Waals surface area contributed by atoms with Crippen LogP contribution >= 0.6 is 0 Å². The highest BCUT2D eigenvalue weighted by molar-refractivity contribution is 5.81. The van der Waals surface area contributed by atoms with Crippen molar-refractivity contribution in [3.05, 3.63) is 60.0 Å². The van der Waals surface area contributed by atoms with Crippen molar-refractivity contribution in [2.45, 2.75) is 13.5 Å². The number of rotatable bonds is 4. The summed E-state index contributed by atoms with van der Waals surface area (Å²) in [7, 11) is 1.91. The van der Waals surface area contributed by atoms with Crippen molar-refractivity contribution in [3.8, 4) is 11.3 Å². The van der Waals surface area contributed by atoms with Gasteiger partial charge in [-0.25, -0.2) is 4.98 Å². The van der Waals surface area contributed by atoms with E-state index in [-0.39, 0.29) is 0 Å². The average molecular weight is 318 g/mol. The van der Waals surface area contributed by atoms with E-state index < -0.39 is 0 Å². The third-order valence-electron chi connectivity index (χ3n) is 4.13. The van der Waals surface area contributed by atoms with Crippen LogP contribution in [-0.2, 0) is 13.6 Å². The van der Waals surface area contributed by atoms with Crippen LogP contribution in [0, 0.1) is 6.92 Å². The Morgan fingerprint density at radius 1 is 1.17 bits per heavy atom. The van der Waals surface area contributed by atoms with Gasteiger partial charge in [-0.15, -0.1) is 0 Å². The SMILES string of the molecule is Cc1nn(C)c2ncc(NCc3cn[nH]c3-c3ccccc3)cc12. The maximum atomic E-state index is 4.50. The molecular weight excluding hydrogens is 300 g/mol. The van der Waals surface area contributed by atoms with Crippen LogP contribution in [0.4, 0.5) is 5.69 Å². The van der Waals surface area contributed by atoms with E-state index >= 15 is 0 Å². The van der Waals surface area contributed by atoms with E-state index in [2.05, 4.69) is 43.8 Å². The first-order valence-electron chi connectivity index (χ1n) is 7.83. The van der Waals surface area contributed by atoms with Crippen LogP contribution in [-0.4, -0.2) is 25.0 Å². The van der Waals surface area contributed by atoms with Gasteiger partial charge in [0, 0.05) is 24.5 Å². The van der Waals surface area contributed by atoms with Crippen molar-refractivity contribution in [1.29, 1.82) is 0 Å². The number of anilines is 1. The highest BCUT2D eigenvalue weighted by Crippen LogP contribution is 2.23. The second kappa shape index (κ2) is 5.81. The second-order valence-electron chi connectivity index (χ2n) is 5.79. The summed E-state index contributed by atoms with van der Waals surface area (Å²) in [5.41, 5.74) is 6.13. The first-order valence-corrected chi connectivity index (χ1v) is 7.83. The van der Waals surface area contributed by atoms with Gasteiger partial charge in [0.2, 0.25) is 0 Å². The highest BCUT2D eigenvalue weighted by Gasteiger charge is 2.09. The first-order chi connectivity index (χ1) is 11.7. The van der Waals surface area contributed by atoms with Crippen LogP contribution < -0.4 is 5.32 Å². The van der Waals surface area contributed by atoms with Gasteiger partial charge >= 0.3 is 0 Å². The lowest BCUT2D eigenvalue weighted by molar-refractivity contribution is 0.774. The van der Waals surface area contributed by atoms with E-state index in [0.29, 0.717) is 6.54 Å². The molecule has 3 heterocycles. The Morgan fingerprint density at radius 2 is 2.00 bits per heavy atom. The van der Waals surface area contributed by atoms with E-state index in [1.54, 1.807) is 4.68 Å². The number of pyridine rings is 1. The second-order valence-corrected chi connectivity index (χ2v) is 5.79. The third-order valence-corrected chi connectivity index (χ3v) is 4.13. The van der Waals surface area contributed by atoms with Gasteiger partial charge in [0.1, 0.15) is 0 Å². The minimum absolute atomic E-state index is 0.674. The summed E-state index contributed by atoms with van der Waals surface area (Å²) in [6, 6.07) is 12.3. The molecule has 0 aliphatic carbocycles. The van der Waals surface area contributed by atoms with Gasteiger partial charge in [-0.05, 0) is 18.6 Å². The molecule has 0 aliphatic heterocycles. The molecule has 4 rings (SSSR count). The maximum Gasteiger partial charge on any atom is 0.157 e. The predicted molar refractivity (Wildman–Crippen MR) is 94.6 cm³/mol. The molecule has 6 nitrogen and oxygen atoms in total. The number of nitrogens with one attached hydrogen (secondary N) is 2. The molecule has 0 amide bonds. The van der Waals surface area contributed by atoms with Crippen molar-refractivity contribution in [2.24, 2.45) is 7.05 Å². The van der Waals surface area contributed by atoms with Gasteiger partial charge in [0.05, 0.1) is 29.5 Å². The van der Waals surface area contributed by atoms with Gasteiger partial charge in [0.15, 0.2) is 5.65 Å². The number of fused-ring (bicyclic) bond motifs is 1. The van der Waals surface area contributed by atoms with Gasteiger partial charge in [-0.1, -0.05) is 30.3 Å². The lowest BCUT2D eigenvalue weighted by atomic mass is 10.1. The molecule has 0 bridgehead atoms. The summed E-state index contributed by atoms with van der Waals surface area (Å²) < 4.78 is 1.80. The lowest BCUT2D eigenvalue weighted by Crippen LogP contribution is -2.01. The molecule has 0 unspecified atom stereocenters. The minimum atomic E-state index is 0.674. The summed E-state index contributed by atoms with van der Waals surface area (Å²) in [4.78, 5) is 4.50. The zero-order valence-electron chi connectivity index (χ0n) is 13.6. The molecule has 2 N–H and O–H groups in total. The molecule has 0 atom stereocenters. The Bertz CT molecular complexity index is 983. The van der Waals surface area contributed by atoms with Crippen molar-refractivity contribution < 1.29 is 0 Å². The van der Waals surface area contributed by atoms with E-state index in [0.717, 1.165) is 39.2 Å². The molecule has 0 fully saturated rings. The predicted octanol–water partition coefficient (Wildman–Crippen LogP) is 3.28. The fourth-order valence-electron chi connectivity index (χ4n) is 2.90. The fraction of sp³-hybridized carbons (Fsp3) is 0.167.